The second-order valence-electron chi connectivity index (χ2n) is 6.66. The first-order valence-electron chi connectivity index (χ1n) is 8.73. The number of pyridine rings is 1. The van der Waals surface area contributed by atoms with E-state index in [0.717, 1.165) is 30.3 Å². The molecule has 2 aromatic heterocycles. The number of halogens is 1. The highest BCUT2D eigenvalue weighted by atomic mass is 19.1. The molecule has 4 rings (SSSR count). The molecule has 26 heavy (non-hydrogen) atoms. The molecule has 1 aliphatic rings. The van der Waals surface area contributed by atoms with Crippen LogP contribution in [-0.4, -0.2) is 28.9 Å². The molecule has 1 unspecified atom stereocenters. The van der Waals surface area contributed by atoms with Crippen molar-refractivity contribution in [2.75, 3.05) is 7.11 Å². The highest BCUT2D eigenvalue weighted by Gasteiger charge is 2.24. The molecule has 0 saturated carbocycles. The molecule has 3 aromatic rings. The van der Waals surface area contributed by atoms with Crippen LogP contribution in [0.3, 0.4) is 0 Å². The van der Waals surface area contributed by atoms with Crippen LogP contribution < -0.4 is 5.73 Å². The van der Waals surface area contributed by atoms with Crippen LogP contribution in [0.5, 0.6) is 0 Å². The largest absolute Gasteiger partial charge is 0.399 e. The third-order valence-electron chi connectivity index (χ3n) is 4.93. The van der Waals surface area contributed by atoms with Crippen molar-refractivity contribution in [3.05, 3.63) is 64.9 Å². The molecule has 134 valence electrons. The van der Waals surface area contributed by atoms with Crippen molar-refractivity contribution < 1.29 is 9.23 Å². The summed E-state index contributed by atoms with van der Waals surface area (Å²) in [4.78, 5) is 8.81. The van der Waals surface area contributed by atoms with Crippen LogP contribution in [-0.2, 0) is 24.2 Å². The van der Waals surface area contributed by atoms with Gasteiger partial charge in [0.25, 0.3) is 0 Å². The SMILES string of the molecule is CON=Cc1ccc2c(c1)c1c(n2Cc2cccc(F)n2)CCC(N)C1. The van der Waals surface area contributed by atoms with Gasteiger partial charge in [-0.05, 0) is 54.7 Å². The fourth-order valence-corrected chi connectivity index (χ4v) is 3.77. The second kappa shape index (κ2) is 6.88. The molecular weight excluding hydrogens is 331 g/mol. The van der Waals surface area contributed by atoms with Crippen molar-refractivity contribution in [3.8, 4) is 0 Å². The van der Waals surface area contributed by atoms with Gasteiger partial charge in [0.1, 0.15) is 7.11 Å². The summed E-state index contributed by atoms with van der Waals surface area (Å²) >= 11 is 0. The van der Waals surface area contributed by atoms with Crippen molar-refractivity contribution in [2.45, 2.75) is 31.8 Å². The Kier molecular flexibility index (Phi) is 4.42. The zero-order valence-electron chi connectivity index (χ0n) is 14.7. The number of aromatic nitrogens is 2. The fraction of sp³-hybridized carbons (Fsp3) is 0.300. The molecule has 1 aromatic carbocycles. The van der Waals surface area contributed by atoms with Crippen molar-refractivity contribution in [3.63, 3.8) is 0 Å². The molecule has 6 heteroatoms. The zero-order chi connectivity index (χ0) is 18.1. The molecule has 0 saturated heterocycles. The summed E-state index contributed by atoms with van der Waals surface area (Å²) in [7, 11) is 1.53. The Morgan fingerprint density at radius 3 is 3.08 bits per heavy atom. The minimum atomic E-state index is -0.451. The molecule has 2 heterocycles. The topological polar surface area (TPSA) is 65.4 Å². The normalized spacial score (nSPS) is 17.0. The average molecular weight is 352 g/mol. The summed E-state index contributed by atoms with van der Waals surface area (Å²) in [6.45, 7) is 0.546. The minimum Gasteiger partial charge on any atom is -0.399 e. The van der Waals surface area contributed by atoms with Crippen molar-refractivity contribution >= 4 is 17.1 Å². The van der Waals surface area contributed by atoms with Gasteiger partial charge in [-0.2, -0.15) is 4.39 Å². The van der Waals surface area contributed by atoms with E-state index in [-0.39, 0.29) is 6.04 Å². The van der Waals surface area contributed by atoms with E-state index in [4.69, 9.17) is 10.6 Å². The van der Waals surface area contributed by atoms with Gasteiger partial charge in [-0.15, -0.1) is 0 Å². The van der Waals surface area contributed by atoms with Crippen molar-refractivity contribution in [1.29, 1.82) is 0 Å². The molecular formula is C20H21FN4O. The van der Waals surface area contributed by atoms with Crippen LogP contribution in [0.15, 0.2) is 41.6 Å². The van der Waals surface area contributed by atoms with Gasteiger partial charge >= 0.3 is 0 Å². The molecule has 0 radical (unpaired) electrons. The molecule has 0 fully saturated rings. The van der Waals surface area contributed by atoms with Gasteiger partial charge in [0.15, 0.2) is 0 Å². The smallest absolute Gasteiger partial charge is 0.213 e. The van der Waals surface area contributed by atoms with E-state index in [1.807, 2.05) is 12.1 Å². The maximum absolute atomic E-state index is 13.5. The molecule has 1 aliphatic carbocycles. The first-order valence-corrected chi connectivity index (χ1v) is 8.73. The highest BCUT2D eigenvalue weighted by molar-refractivity contribution is 5.92. The van der Waals surface area contributed by atoms with Gasteiger partial charge in [0.05, 0.1) is 18.5 Å². The van der Waals surface area contributed by atoms with Gasteiger partial charge in [-0.3, -0.25) is 0 Å². The summed E-state index contributed by atoms with van der Waals surface area (Å²) in [6, 6.07) is 11.3. The summed E-state index contributed by atoms with van der Waals surface area (Å²) in [5.41, 5.74) is 11.6. The Hall–Kier alpha value is -2.73. The van der Waals surface area contributed by atoms with Crippen molar-refractivity contribution in [2.24, 2.45) is 10.9 Å². The van der Waals surface area contributed by atoms with Crippen LogP contribution in [0.4, 0.5) is 4.39 Å². The maximum Gasteiger partial charge on any atom is 0.213 e. The number of hydrogen-bond acceptors (Lipinski definition) is 4. The van der Waals surface area contributed by atoms with E-state index in [1.165, 1.54) is 29.8 Å². The van der Waals surface area contributed by atoms with Crippen LogP contribution >= 0.6 is 0 Å². The monoisotopic (exact) mass is 352 g/mol. The lowest BCUT2D eigenvalue weighted by atomic mass is 9.91. The van der Waals surface area contributed by atoms with Gasteiger partial charge in [0.2, 0.25) is 5.95 Å². The van der Waals surface area contributed by atoms with E-state index in [1.54, 1.807) is 12.3 Å². The van der Waals surface area contributed by atoms with E-state index < -0.39 is 5.95 Å². The second-order valence-corrected chi connectivity index (χ2v) is 6.66. The van der Waals surface area contributed by atoms with Gasteiger partial charge < -0.3 is 15.1 Å². The fourth-order valence-electron chi connectivity index (χ4n) is 3.77. The number of benzene rings is 1. The number of nitrogens with zero attached hydrogens (tertiary/aromatic N) is 3. The lowest BCUT2D eigenvalue weighted by molar-refractivity contribution is 0.215. The lowest BCUT2D eigenvalue weighted by Crippen LogP contribution is -2.28. The zero-order valence-corrected chi connectivity index (χ0v) is 14.7. The molecule has 2 N–H and O–H groups in total. The third kappa shape index (κ3) is 3.08. The Bertz CT molecular complexity index is 979. The Morgan fingerprint density at radius 1 is 1.38 bits per heavy atom. The predicted octanol–water partition coefficient (Wildman–Crippen LogP) is 3.02. The molecule has 5 nitrogen and oxygen atoms in total. The van der Waals surface area contributed by atoms with E-state index in [2.05, 4.69) is 26.8 Å². The minimum absolute atomic E-state index is 0.171. The van der Waals surface area contributed by atoms with E-state index in [9.17, 15) is 4.39 Å². The summed E-state index contributed by atoms with van der Waals surface area (Å²) in [6.07, 6.45) is 4.42. The number of fused-ring (bicyclic) bond motifs is 3. The Labute approximate surface area is 151 Å². The predicted molar refractivity (Wildman–Crippen MR) is 99.8 cm³/mol. The van der Waals surface area contributed by atoms with Crippen LogP contribution in [0, 0.1) is 5.95 Å². The Balaban J connectivity index is 1.85. The molecule has 0 bridgehead atoms. The highest BCUT2D eigenvalue weighted by Crippen LogP contribution is 2.33. The summed E-state index contributed by atoms with van der Waals surface area (Å²) in [5.74, 6) is -0.451. The van der Waals surface area contributed by atoms with Crippen LogP contribution in [0.2, 0.25) is 0 Å². The molecule has 1 atom stereocenters. The number of oxime groups is 1. The summed E-state index contributed by atoms with van der Waals surface area (Å²) in [5, 5.41) is 5.02. The maximum atomic E-state index is 13.5. The standard InChI is InChI=1S/C20H21FN4O/c1-26-23-11-13-5-7-18-16(9-13)17-10-14(22)6-8-19(17)25(18)12-15-3-2-4-20(21)24-15/h2-5,7,9,11,14H,6,8,10,12,22H2,1H3. The first kappa shape index (κ1) is 16.7. The molecule has 0 aliphatic heterocycles. The van der Waals surface area contributed by atoms with Gasteiger partial charge in [0, 0.05) is 22.6 Å². The third-order valence-corrected chi connectivity index (χ3v) is 4.93. The van der Waals surface area contributed by atoms with Crippen molar-refractivity contribution in [1.82, 2.24) is 9.55 Å². The number of rotatable bonds is 4. The quantitative estimate of drug-likeness (QED) is 0.446. The number of nitrogens with two attached hydrogens (primary N) is 1. The summed E-state index contributed by atoms with van der Waals surface area (Å²) < 4.78 is 15.8. The van der Waals surface area contributed by atoms with Gasteiger partial charge in [-0.25, -0.2) is 4.98 Å². The lowest BCUT2D eigenvalue weighted by Gasteiger charge is -2.20. The van der Waals surface area contributed by atoms with E-state index >= 15 is 0 Å². The molecule has 0 amide bonds. The first-order chi connectivity index (χ1) is 12.7. The average Bonchev–Trinajstić information content (AvgIpc) is 2.93. The van der Waals surface area contributed by atoms with Crippen LogP contribution in [0.25, 0.3) is 10.9 Å². The molecule has 0 spiro atoms. The number of hydrogen-bond donors (Lipinski definition) is 1. The van der Waals surface area contributed by atoms with Gasteiger partial charge in [-0.1, -0.05) is 17.3 Å². The Morgan fingerprint density at radius 2 is 2.27 bits per heavy atom. The van der Waals surface area contributed by atoms with Crippen LogP contribution in [0.1, 0.15) is 28.9 Å². The van der Waals surface area contributed by atoms with E-state index in [0.29, 0.717) is 12.2 Å².